The van der Waals surface area contributed by atoms with Gasteiger partial charge in [-0.05, 0) is 35.2 Å². The monoisotopic (exact) mass is 306 g/mol. The summed E-state index contributed by atoms with van der Waals surface area (Å²) in [6, 6.07) is 12.5. The van der Waals surface area contributed by atoms with E-state index in [0.29, 0.717) is 11.3 Å². The van der Waals surface area contributed by atoms with Crippen molar-refractivity contribution >= 4 is 16.3 Å². The molecule has 3 aromatic carbocycles. The Morgan fingerprint density at radius 1 is 0.913 bits per heavy atom. The molecule has 0 N–H and O–H groups in total. The Morgan fingerprint density at radius 2 is 1.83 bits per heavy atom. The Morgan fingerprint density at radius 3 is 2.74 bits per heavy atom. The van der Waals surface area contributed by atoms with Gasteiger partial charge in [0.05, 0.1) is 0 Å². The van der Waals surface area contributed by atoms with Crippen LogP contribution in [0.25, 0.3) is 16.3 Å². The summed E-state index contributed by atoms with van der Waals surface area (Å²) in [4.78, 5) is 0. The number of ether oxygens (including phenoxy) is 3. The summed E-state index contributed by atoms with van der Waals surface area (Å²) in [7, 11) is 0. The molecule has 23 heavy (non-hydrogen) atoms. The lowest BCUT2D eigenvalue weighted by atomic mass is 9.93. The fraction of sp³-hybridized carbons (Fsp3) is 0.0526. The van der Waals surface area contributed by atoms with E-state index in [9.17, 15) is 4.39 Å². The molecule has 0 saturated carbocycles. The Hall–Kier alpha value is -3.01. The maximum absolute atomic E-state index is 14.0. The van der Waals surface area contributed by atoms with E-state index in [4.69, 9.17) is 14.2 Å². The molecular weight excluding hydrogens is 295 g/mol. The first-order valence-electron chi connectivity index (χ1n) is 7.25. The van der Waals surface area contributed by atoms with Gasteiger partial charge in [0.2, 0.25) is 6.79 Å². The summed E-state index contributed by atoms with van der Waals surface area (Å²) in [5, 5.41) is 1.88. The third-order valence-corrected chi connectivity index (χ3v) is 4.28. The Bertz CT molecular complexity index is 1010. The van der Waals surface area contributed by atoms with Crippen LogP contribution < -0.4 is 14.2 Å². The summed E-state index contributed by atoms with van der Waals surface area (Å²) in [6.45, 7) is 4.34. The molecule has 3 nitrogen and oxygen atoms in total. The number of rotatable bonds is 0. The van der Waals surface area contributed by atoms with Crippen molar-refractivity contribution in [2.45, 2.75) is 0 Å². The maximum Gasteiger partial charge on any atom is 0.231 e. The van der Waals surface area contributed by atoms with Gasteiger partial charge in [-0.2, -0.15) is 0 Å². The molecule has 0 unspecified atom stereocenters. The second-order valence-electron chi connectivity index (χ2n) is 5.57. The first-order valence-corrected chi connectivity index (χ1v) is 7.25. The van der Waals surface area contributed by atoms with Gasteiger partial charge in [0.1, 0.15) is 5.75 Å². The normalized spacial score (nSPS) is 14.4. The number of fused-ring (bicyclic) bond motifs is 5. The Balaban J connectivity index is 1.79. The van der Waals surface area contributed by atoms with E-state index in [1.807, 2.05) is 30.3 Å². The lowest BCUT2D eigenvalue weighted by Crippen LogP contribution is -2.03. The van der Waals surface area contributed by atoms with Gasteiger partial charge >= 0.3 is 0 Å². The number of halogens is 1. The number of para-hydroxylation sites is 1. The quantitative estimate of drug-likeness (QED) is 0.463. The zero-order valence-corrected chi connectivity index (χ0v) is 12.1. The van der Waals surface area contributed by atoms with Crippen molar-refractivity contribution in [3.05, 3.63) is 66.0 Å². The lowest BCUT2D eigenvalue weighted by Gasteiger charge is -2.23. The molecule has 5 rings (SSSR count). The van der Waals surface area contributed by atoms with Crippen LogP contribution in [0.2, 0.25) is 0 Å². The highest BCUT2D eigenvalue weighted by atomic mass is 19.1. The molecule has 0 atom stereocenters. The molecule has 0 radical (unpaired) electrons. The summed E-state index contributed by atoms with van der Waals surface area (Å²) in [6.07, 6.45) is 0. The SMILES string of the molecule is C=C1c2cc3c4c(ccc3cc2Oc2c(F)cccc21)OCO4. The minimum Gasteiger partial charge on any atom is -0.454 e. The molecule has 2 aliphatic rings. The van der Waals surface area contributed by atoms with E-state index in [2.05, 4.69) is 6.58 Å². The molecule has 0 fully saturated rings. The molecule has 0 aliphatic carbocycles. The fourth-order valence-corrected chi connectivity index (χ4v) is 3.14. The zero-order chi connectivity index (χ0) is 15.6. The van der Waals surface area contributed by atoms with E-state index in [1.54, 1.807) is 6.07 Å². The zero-order valence-electron chi connectivity index (χ0n) is 12.1. The third-order valence-electron chi connectivity index (χ3n) is 4.28. The number of hydrogen-bond acceptors (Lipinski definition) is 3. The standard InChI is InChI=1S/C19H11FO3/c1-10-12-3-2-4-15(20)18(12)23-17-7-11-5-6-16-19(22-9-21-16)14(11)8-13(10)17/h2-8H,1,9H2. The molecule has 0 amide bonds. The van der Waals surface area contributed by atoms with Gasteiger partial charge in [-0.15, -0.1) is 0 Å². The van der Waals surface area contributed by atoms with Crippen molar-refractivity contribution in [2.24, 2.45) is 0 Å². The van der Waals surface area contributed by atoms with Gasteiger partial charge in [-0.25, -0.2) is 4.39 Å². The summed E-state index contributed by atoms with van der Waals surface area (Å²) in [5.41, 5.74) is 2.24. The average Bonchev–Trinajstić information content (AvgIpc) is 3.04. The molecule has 3 aromatic rings. The van der Waals surface area contributed by atoms with Gasteiger partial charge in [0, 0.05) is 16.5 Å². The first kappa shape index (κ1) is 12.5. The maximum atomic E-state index is 14.0. The average molecular weight is 306 g/mol. The molecule has 0 spiro atoms. The van der Waals surface area contributed by atoms with Crippen molar-refractivity contribution < 1.29 is 18.6 Å². The molecule has 4 heteroatoms. The van der Waals surface area contributed by atoms with E-state index in [-0.39, 0.29) is 18.4 Å². The van der Waals surface area contributed by atoms with Crippen LogP contribution in [-0.4, -0.2) is 6.79 Å². The Labute approximate surface area is 131 Å². The van der Waals surface area contributed by atoms with Crippen molar-refractivity contribution in [1.82, 2.24) is 0 Å². The van der Waals surface area contributed by atoms with Crippen LogP contribution in [0.15, 0.2) is 49.0 Å². The highest BCUT2D eigenvalue weighted by molar-refractivity contribution is 5.98. The largest absolute Gasteiger partial charge is 0.454 e. The minimum absolute atomic E-state index is 0.219. The van der Waals surface area contributed by atoms with Crippen LogP contribution >= 0.6 is 0 Å². The fourth-order valence-electron chi connectivity index (χ4n) is 3.14. The second-order valence-corrected chi connectivity index (χ2v) is 5.57. The van der Waals surface area contributed by atoms with Crippen LogP contribution in [0.1, 0.15) is 11.1 Å². The van der Waals surface area contributed by atoms with E-state index in [0.717, 1.165) is 33.4 Å². The van der Waals surface area contributed by atoms with Crippen LogP contribution in [-0.2, 0) is 0 Å². The van der Waals surface area contributed by atoms with Gasteiger partial charge in [0.25, 0.3) is 0 Å². The predicted molar refractivity (Wildman–Crippen MR) is 84.7 cm³/mol. The summed E-state index contributed by atoms with van der Waals surface area (Å²) in [5.74, 6) is 1.89. The van der Waals surface area contributed by atoms with E-state index in [1.165, 1.54) is 6.07 Å². The van der Waals surface area contributed by atoms with Crippen LogP contribution in [0, 0.1) is 5.82 Å². The second kappa shape index (κ2) is 4.26. The van der Waals surface area contributed by atoms with Crippen LogP contribution in [0.4, 0.5) is 4.39 Å². The smallest absolute Gasteiger partial charge is 0.231 e. The van der Waals surface area contributed by atoms with Crippen molar-refractivity contribution in [2.75, 3.05) is 6.79 Å². The molecule has 112 valence electrons. The molecule has 2 aliphatic heterocycles. The summed E-state index contributed by atoms with van der Waals surface area (Å²) < 4.78 is 30.8. The predicted octanol–water partition coefficient (Wildman–Crippen LogP) is 4.87. The van der Waals surface area contributed by atoms with Crippen molar-refractivity contribution in [3.63, 3.8) is 0 Å². The highest BCUT2D eigenvalue weighted by Crippen LogP contribution is 2.48. The molecule has 0 saturated heterocycles. The van der Waals surface area contributed by atoms with Gasteiger partial charge in [-0.1, -0.05) is 24.8 Å². The van der Waals surface area contributed by atoms with Crippen LogP contribution in [0.5, 0.6) is 23.0 Å². The van der Waals surface area contributed by atoms with Crippen molar-refractivity contribution in [3.8, 4) is 23.0 Å². The first-order chi connectivity index (χ1) is 11.2. The van der Waals surface area contributed by atoms with Gasteiger partial charge in [-0.3, -0.25) is 0 Å². The minimum atomic E-state index is -0.389. The molecule has 0 bridgehead atoms. The molecule has 2 heterocycles. The third kappa shape index (κ3) is 1.63. The highest BCUT2D eigenvalue weighted by Gasteiger charge is 2.25. The number of hydrogen-bond donors (Lipinski definition) is 0. The lowest BCUT2D eigenvalue weighted by molar-refractivity contribution is 0.175. The van der Waals surface area contributed by atoms with E-state index < -0.39 is 0 Å². The molecule has 0 aromatic heterocycles. The van der Waals surface area contributed by atoms with Gasteiger partial charge < -0.3 is 14.2 Å². The van der Waals surface area contributed by atoms with Crippen molar-refractivity contribution in [1.29, 1.82) is 0 Å². The van der Waals surface area contributed by atoms with Crippen LogP contribution in [0.3, 0.4) is 0 Å². The Kier molecular flexibility index (Phi) is 2.32. The molecular formula is C19H11FO3. The van der Waals surface area contributed by atoms with E-state index >= 15 is 0 Å². The summed E-state index contributed by atoms with van der Waals surface area (Å²) >= 11 is 0. The van der Waals surface area contributed by atoms with Gasteiger partial charge in [0.15, 0.2) is 23.1 Å². The number of benzene rings is 3. The topological polar surface area (TPSA) is 27.7 Å².